The maximum atomic E-state index is 13.2. The summed E-state index contributed by atoms with van der Waals surface area (Å²) in [6.07, 6.45) is 3.23. The summed E-state index contributed by atoms with van der Waals surface area (Å²) >= 11 is 0. The maximum Gasteiger partial charge on any atom is 0.243 e. The number of rotatable bonds is 2. The lowest BCUT2D eigenvalue weighted by Gasteiger charge is -2.33. The van der Waals surface area contributed by atoms with Crippen LogP contribution in [0, 0.1) is 5.41 Å². The first-order chi connectivity index (χ1) is 11.1. The number of nitrogens with zero attached hydrogens (tertiary/aromatic N) is 1. The van der Waals surface area contributed by atoms with Crippen LogP contribution in [0.25, 0.3) is 10.8 Å². The Balaban J connectivity index is 1.70. The van der Waals surface area contributed by atoms with Crippen molar-refractivity contribution in [1.29, 1.82) is 0 Å². The Kier molecular flexibility index (Phi) is 3.67. The van der Waals surface area contributed by atoms with Crippen molar-refractivity contribution < 1.29 is 8.42 Å². The van der Waals surface area contributed by atoms with E-state index in [1.807, 2.05) is 36.4 Å². The molecule has 2 aromatic carbocycles. The first kappa shape index (κ1) is 15.1. The van der Waals surface area contributed by atoms with Gasteiger partial charge in [0.1, 0.15) is 0 Å². The largest absolute Gasteiger partial charge is 0.316 e. The lowest BCUT2D eigenvalue weighted by Crippen LogP contribution is -2.42. The van der Waals surface area contributed by atoms with Gasteiger partial charge in [-0.25, -0.2) is 8.42 Å². The first-order valence-electron chi connectivity index (χ1n) is 8.30. The van der Waals surface area contributed by atoms with Crippen molar-refractivity contribution in [1.82, 2.24) is 9.62 Å². The van der Waals surface area contributed by atoms with Crippen LogP contribution in [0.1, 0.15) is 19.3 Å². The molecular formula is C18H22N2O2S. The van der Waals surface area contributed by atoms with E-state index in [1.165, 1.54) is 0 Å². The van der Waals surface area contributed by atoms with Gasteiger partial charge in [-0.15, -0.1) is 0 Å². The Morgan fingerprint density at radius 1 is 1.04 bits per heavy atom. The maximum absolute atomic E-state index is 13.2. The zero-order valence-corrected chi connectivity index (χ0v) is 14.0. The summed E-state index contributed by atoms with van der Waals surface area (Å²) in [5.41, 5.74) is 0.135. The van der Waals surface area contributed by atoms with Crippen LogP contribution >= 0.6 is 0 Å². The normalized spacial score (nSPS) is 26.1. The molecule has 5 heteroatoms. The third-order valence-corrected chi connectivity index (χ3v) is 7.23. The van der Waals surface area contributed by atoms with Gasteiger partial charge in [0.2, 0.25) is 10.0 Å². The number of sulfonamides is 1. The predicted molar refractivity (Wildman–Crippen MR) is 91.9 cm³/mol. The molecule has 1 N–H and O–H groups in total. The second-order valence-electron chi connectivity index (χ2n) is 6.85. The minimum Gasteiger partial charge on any atom is -0.316 e. The molecule has 2 aromatic rings. The molecule has 0 amide bonds. The summed E-state index contributed by atoms with van der Waals surface area (Å²) in [5, 5.41) is 5.23. The van der Waals surface area contributed by atoms with Crippen molar-refractivity contribution in [2.75, 3.05) is 26.2 Å². The van der Waals surface area contributed by atoms with Gasteiger partial charge in [-0.1, -0.05) is 36.4 Å². The molecule has 2 fully saturated rings. The summed E-state index contributed by atoms with van der Waals surface area (Å²) in [5.74, 6) is 0. The van der Waals surface area contributed by atoms with Crippen LogP contribution in [-0.2, 0) is 10.0 Å². The zero-order chi connectivity index (χ0) is 15.9. The number of nitrogens with one attached hydrogen (secondary N) is 1. The Labute approximate surface area is 137 Å². The van der Waals surface area contributed by atoms with Crippen LogP contribution in [0.5, 0.6) is 0 Å². The third kappa shape index (κ3) is 2.57. The smallest absolute Gasteiger partial charge is 0.243 e. The minimum atomic E-state index is -3.44. The summed E-state index contributed by atoms with van der Waals surface area (Å²) in [4.78, 5) is 0.441. The summed E-state index contributed by atoms with van der Waals surface area (Å²) < 4.78 is 28.1. The molecule has 1 atom stereocenters. The fourth-order valence-corrected chi connectivity index (χ4v) is 5.81. The van der Waals surface area contributed by atoms with E-state index in [0.717, 1.165) is 43.1 Å². The van der Waals surface area contributed by atoms with E-state index in [-0.39, 0.29) is 5.41 Å². The monoisotopic (exact) mass is 330 g/mol. The minimum absolute atomic E-state index is 0.135. The molecule has 4 nitrogen and oxygen atoms in total. The highest BCUT2D eigenvalue weighted by molar-refractivity contribution is 7.89. The highest BCUT2D eigenvalue weighted by Gasteiger charge is 2.43. The van der Waals surface area contributed by atoms with Gasteiger partial charge in [-0.05, 0) is 42.7 Å². The zero-order valence-electron chi connectivity index (χ0n) is 13.2. The Hall–Kier alpha value is -1.43. The highest BCUT2D eigenvalue weighted by Crippen LogP contribution is 2.39. The predicted octanol–water partition coefficient (Wildman–Crippen LogP) is 2.60. The van der Waals surface area contributed by atoms with Crippen LogP contribution in [-0.4, -0.2) is 38.9 Å². The lowest BCUT2D eigenvalue weighted by atomic mass is 9.80. The molecule has 4 rings (SSSR count). The van der Waals surface area contributed by atoms with Crippen LogP contribution in [0.15, 0.2) is 47.4 Å². The lowest BCUT2D eigenvalue weighted by molar-refractivity contribution is 0.225. The second-order valence-corrected chi connectivity index (χ2v) is 8.75. The van der Waals surface area contributed by atoms with Crippen molar-refractivity contribution in [2.24, 2.45) is 5.41 Å². The quantitative estimate of drug-likeness (QED) is 0.921. The van der Waals surface area contributed by atoms with E-state index in [4.69, 9.17) is 0 Å². The van der Waals surface area contributed by atoms with Crippen molar-refractivity contribution >= 4 is 20.8 Å². The average Bonchev–Trinajstić information content (AvgIpc) is 2.99. The van der Waals surface area contributed by atoms with Gasteiger partial charge >= 0.3 is 0 Å². The topological polar surface area (TPSA) is 49.4 Å². The molecule has 2 aliphatic rings. The molecule has 0 saturated carbocycles. The van der Waals surface area contributed by atoms with Gasteiger partial charge in [0, 0.05) is 25.0 Å². The molecule has 122 valence electrons. The molecule has 0 aromatic heterocycles. The number of fused-ring (bicyclic) bond motifs is 1. The van der Waals surface area contributed by atoms with Crippen LogP contribution in [0.2, 0.25) is 0 Å². The standard InChI is InChI=1S/C18H22N2O2S/c21-23(22,17-8-3-6-15-5-1-2-7-16(15)17)20-12-10-18(14-20)9-4-11-19-13-18/h1-3,5-8,19H,4,9-14H2/t18-/m0/s1. The van der Waals surface area contributed by atoms with Gasteiger partial charge in [0.05, 0.1) is 4.90 Å². The Bertz CT molecular complexity index is 821. The molecule has 0 aliphatic carbocycles. The van der Waals surface area contributed by atoms with E-state index in [9.17, 15) is 8.42 Å². The molecule has 23 heavy (non-hydrogen) atoms. The van der Waals surface area contributed by atoms with Crippen molar-refractivity contribution in [3.05, 3.63) is 42.5 Å². The molecule has 2 aliphatic heterocycles. The van der Waals surface area contributed by atoms with Gasteiger partial charge in [0.15, 0.2) is 0 Å². The SMILES string of the molecule is O=S(=O)(c1cccc2ccccc12)N1CC[C@]2(CCCNC2)C1. The molecule has 0 unspecified atom stereocenters. The molecule has 2 heterocycles. The molecule has 1 spiro atoms. The second kappa shape index (κ2) is 5.58. The third-order valence-electron chi connectivity index (χ3n) is 5.33. The van der Waals surface area contributed by atoms with E-state index < -0.39 is 10.0 Å². The molecular weight excluding hydrogens is 308 g/mol. The van der Waals surface area contributed by atoms with Crippen molar-refractivity contribution in [3.63, 3.8) is 0 Å². The highest BCUT2D eigenvalue weighted by atomic mass is 32.2. The van der Waals surface area contributed by atoms with Crippen LogP contribution < -0.4 is 5.32 Å². The number of hydrogen-bond donors (Lipinski definition) is 1. The van der Waals surface area contributed by atoms with E-state index in [0.29, 0.717) is 18.0 Å². The Morgan fingerprint density at radius 2 is 1.87 bits per heavy atom. The number of piperidine rings is 1. The summed E-state index contributed by atoms with van der Waals surface area (Å²) in [6, 6.07) is 13.2. The number of benzene rings is 2. The van der Waals surface area contributed by atoms with Gasteiger partial charge in [-0.3, -0.25) is 0 Å². The van der Waals surface area contributed by atoms with Gasteiger partial charge in [-0.2, -0.15) is 4.31 Å². The van der Waals surface area contributed by atoms with Crippen LogP contribution in [0.3, 0.4) is 0 Å². The fourth-order valence-electron chi connectivity index (χ4n) is 4.04. The molecule has 2 saturated heterocycles. The molecule has 0 bridgehead atoms. The fraction of sp³-hybridized carbons (Fsp3) is 0.444. The van der Waals surface area contributed by atoms with Crippen molar-refractivity contribution in [3.8, 4) is 0 Å². The summed E-state index contributed by atoms with van der Waals surface area (Å²) in [7, 11) is -3.44. The molecule has 0 radical (unpaired) electrons. The first-order valence-corrected chi connectivity index (χ1v) is 9.74. The summed E-state index contributed by atoms with van der Waals surface area (Å²) in [6.45, 7) is 3.27. The van der Waals surface area contributed by atoms with E-state index in [1.54, 1.807) is 10.4 Å². The van der Waals surface area contributed by atoms with E-state index >= 15 is 0 Å². The van der Waals surface area contributed by atoms with E-state index in [2.05, 4.69) is 5.32 Å². The van der Waals surface area contributed by atoms with Crippen molar-refractivity contribution in [2.45, 2.75) is 24.2 Å². The van der Waals surface area contributed by atoms with Gasteiger partial charge in [0.25, 0.3) is 0 Å². The van der Waals surface area contributed by atoms with Gasteiger partial charge < -0.3 is 5.32 Å². The van der Waals surface area contributed by atoms with Crippen LogP contribution in [0.4, 0.5) is 0 Å². The number of hydrogen-bond acceptors (Lipinski definition) is 3. The average molecular weight is 330 g/mol. The Morgan fingerprint density at radius 3 is 2.70 bits per heavy atom.